The van der Waals surface area contributed by atoms with E-state index >= 15 is 0 Å². The molecular formula is C18H17F3O5. The number of methoxy groups -OCH3 is 1. The van der Waals surface area contributed by atoms with E-state index in [1.165, 1.54) is 19.1 Å². The Morgan fingerprint density at radius 1 is 1.23 bits per heavy atom. The topological polar surface area (TPSA) is 65.0 Å². The average Bonchev–Trinajstić information content (AvgIpc) is 2.62. The number of ether oxygens (including phenoxy) is 3. The number of hydrogen-bond acceptors (Lipinski definition) is 5. The first-order valence-electron chi connectivity index (χ1n) is 7.55. The third-order valence-corrected chi connectivity index (χ3v) is 3.66. The number of alkyl halides is 2. The molecule has 0 unspecified atom stereocenters. The van der Waals surface area contributed by atoms with E-state index in [4.69, 9.17) is 9.47 Å². The van der Waals surface area contributed by atoms with Crippen LogP contribution in [0.4, 0.5) is 18.0 Å². The molecule has 2 rings (SSSR count). The number of hydrogen-bond donors (Lipinski definition) is 1. The van der Waals surface area contributed by atoms with Crippen LogP contribution in [0.2, 0.25) is 0 Å². The predicted molar refractivity (Wildman–Crippen MR) is 85.8 cm³/mol. The summed E-state index contributed by atoms with van der Waals surface area (Å²) in [5.74, 6) is -0.986. The Balaban J connectivity index is 2.35. The number of carbonyl (C=O) groups is 1. The molecule has 0 aliphatic heterocycles. The lowest BCUT2D eigenvalue weighted by molar-refractivity contribution is 0.120. The van der Waals surface area contributed by atoms with Gasteiger partial charge in [-0.15, -0.1) is 0 Å². The lowest BCUT2D eigenvalue weighted by Gasteiger charge is -2.16. The molecule has 0 aliphatic rings. The van der Waals surface area contributed by atoms with Crippen LogP contribution in [0.25, 0.3) is 0 Å². The van der Waals surface area contributed by atoms with Crippen molar-refractivity contribution in [2.24, 2.45) is 0 Å². The maximum Gasteiger partial charge on any atom is 0.513 e. The van der Waals surface area contributed by atoms with E-state index in [9.17, 15) is 23.1 Å². The van der Waals surface area contributed by atoms with Crippen molar-refractivity contribution in [3.05, 3.63) is 58.4 Å². The van der Waals surface area contributed by atoms with Gasteiger partial charge in [0.15, 0.2) is 0 Å². The first-order chi connectivity index (χ1) is 12.4. The molecule has 2 aromatic carbocycles. The molecule has 0 saturated heterocycles. The molecule has 0 heterocycles. The number of rotatable bonds is 6. The Morgan fingerprint density at radius 3 is 2.58 bits per heavy atom. The maximum absolute atomic E-state index is 13.7. The molecule has 0 saturated carbocycles. The monoisotopic (exact) mass is 370 g/mol. The Hall–Kier alpha value is -2.74. The van der Waals surface area contributed by atoms with Gasteiger partial charge in [0.2, 0.25) is 0 Å². The van der Waals surface area contributed by atoms with Crippen molar-refractivity contribution >= 4 is 6.16 Å². The fourth-order valence-electron chi connectivity index (χ4n) is 2.28. The Labute approximate surface area is 147 Å². The molecule has 140 valence electrons. The fraction of sp³-hybridized carbons (Fsp3) is 0.278. The Morgan fingerprint density at radius 2 is 1.96 bits per heavy atom. The summed E-state index contributed by atoms with van der Waals surface area (Å²) in [4.78, 5) is 11.3. The number of aliphatic hydroxyl groups excluding tert-OH is 1. The van der Waals surface area contributed by atoms with Gasteiger partial charge in [0.25, 0.3) is 6.43 Å². The number of aliphatic hydroxyl groups is 1. The molecule has 2 aromatic rings. The molecule has 0 bridgehead atoms. The third kappa shape index (κ3) is 4.45. The van der Waals surface area contributed by atoms with E-state index in [0.29, 0.717) is 5.56 Å². The predicted octanol–water partition coefficient (Wildman–Crippen LogP) is 4.29. The molecule has 0 fully saturated rings. The summed E-state index contributed by atoms with van der Waals surface area (Å²) in [5.41, 5.74) is 0.220. The summed E-state index contributed by atoms with van der Waals surface area (Å²) in [7, 11) is 1.12. The highest BCUT2D eigenvalue weighted by molar-refractivity contribution is 5.64. The normalized spacial score (nSPS) is 10.7. The molecule has 0 aliphatic carbocycles. The molecule has 0 aromatic heterocycles. The van der Waals surface area contributed by atoms with Gasteiger partial charge in [-0.2, -0.15) is 0 Å². The van der Waals surface area contributed by atoms with Crippen molar-refractivity contribution in [1.29, 1.82) is 0 Å². The summed E-state index contributed by atoms with van der Waals surface area (Å²) in [6, 6.07) is 6.40. The van der Waals surface area contributed by atoms with Crippen molar-refractivity contribution in [2.75, 3.05) is 7.11 Å². The van der Waals surface area contributed by atoms with E-state index in [2.05, 4.69) is 4.74 Å². The molecular weight excluding hydrogens is 353 g/mol. The number of aryl methyl sites for hydroxylation is 1. The Bertz CT molecular complexity index is 793. The van der Waals surface area contributed by atoms with Crippen LogP contribution < -0.4 is 9.47 Å². The van der Waals surface area contributed by atoms with Crippen molar-refractivity contribution < 1.29 is 37.3 Å². The number of halogens is 3. The standard InChI is InChI=1S/C18H17F3O5/c1-10-6-12(17(20)21)16(7-14(10)19)25-9-13-11(8-22)4-3-5-15(13)26-18(23)24-2/h3-7,17,22H,8-9H2,1-2H3. The molecule has 0 spiro atoms. The third-order valence-electron chi connectivity index (χ3n) is 3.66. The molecule has 1 N–H and O–H groups in total. The highest BCUT2D eigenvalue weighted by Gasteiger charge is 2.19. The summed E-state index contributed by atoms with van der Waals surface area (Å²) < 4.78 is 54.8. The van der Waals surface area contributed by atoms with Gasteiger partial charge in [-0.1, -0.05) is 12.1 Å². The van der Waals surface area contributed by atoms with Crippen molar-refractivity contribution in [3.8, 4) is 11.5 Å². The van der Waals surface area contributed by atoms with Gasteiger partial charge in [-0.25, -0.2) is 18.0 Å². The SMILES string of the molecule is COC(=O)Oc1cccc(CO)c1COc1cc(F)c(C)cc1C(F)F. The van der Waals surface area contributed by atoms with E-state index in [1.807, 2.05) is 0 Å². The minimum Gasteiger partial charge on any atom is -0.488 e. The molecule has 0 radical (unpaired) electrons. The van der Waals surface area contributed by atoms with Crippen LogP contribution >= 0.6 is 0 Å². The smallest absolute Gasteiger partial charge is 0.488 e. The summed E-state index contributed by atoms with van der Waals surface area (Å²) in [5, 5.41) is 9.45. The lowest BCUT2D eigenvalue weighted by atomic mass is 10.1. The second-order valence-corrected chi connectivity index (χ2v) is 5.34. The zero-order valence-electron chi connectivity index (χ0n) is 14.1. The minimum atomic E-state index is -2.86. The first-order valence-corrected chi connectivity index (χ1v) is 7.55. The molecule has 0 atom stereocenters. The second-order valence-electron chi connectivity index (χ2n) is 5.34. The van der Waals surface area contributed by atoms with Gasteiger partial charge < -0.3 is 19.3 Å². The van der Waals surface area contributed by atoms with Crippen molar-refractivity contribution in [2.45, 2.75) is 26.6 Å². The van der Waals surface area contributed by atoms with Crippen LogP contribution in [-0.2, 0) is 18.0 Å². The van der Waals surface area contributed by atoms with Gasteiger partial charge in [-0.3, -0.25) is 0 Å². The van der Waals surface area contributed by atoms with Crippen molar-refractivity contribution in [3.63, 3.8) is 0 Å². The summed E-state index contributed by atoms with van der Waals surface area (Å²) in [6.07, 6.45) is -3.85. The Kier molecular flexibility index (Phi) is 6.46. The average molecular weight is 370 g/mol. The summed E-state index contributed by atoms with van der Waals surface area (Å²) >= 11 is 0. The highest BCUT2D eigenvalue weighted by Crippen LogP contribution is 2.33. The zero-order valence-corrected chi connectivity index (χ0v) is 14.1. The van der Waals surface area contributed by atoms with Crippen LogP contribution in [0.3, 0.4) is 0 Å². The molecule has 5 nitrogen and oxygen atoms in total. The second kappa shape index (κ2) is 8.57. The highest BCUT2D eigenvalue weighted by atomic mass is 19.3. The van der Waals surface area contributed by atoms with Gasteiger partial charge in [-0.05, 0) is 30.2 Å². The van der Waals surface area contributed by atoms with Gasteiger partial charge >= 0.3 is 6.16 Å². The van der Waals surface area contributed by atoms with Gasteiger partial charge in [0.05, 0.1) is 19.3 Å². The molecule has 0 amide bonds. The first kappa shape index (κ1) is 19.6. The van der Waals surface area contributed by atoms with Gasteiger partial charge in [0.1, 0.15) is 23.9 Å². The van der Waals surface area contributed by atoms with Crippen LogP contribution in [0, 0.1) is 12.7 Å². The van der Waals surface area contributed by atoms with Crippen molar-refractivity contribution in [1.82, 2.24) is 0 Å². The lowest BCUT2D eigenvalue weighted by Crippen LogP contribution is -2.11. The molecule has 8 heteroatoms. The van der Waals surface area contributed by atoms with Crippen LogP contribution in [0.1, 0.15) is 28.7 Å². The quantitative estimate of drug-likeness (QED) is 0.607. The fourth-order valence-corrected chi connectivity index (χ4v) is 2.28. The van der Waals surface area contributed by atoms with E-state index in [1.54, 1.807) is 6.07 Å². The van der Waals surface area contributed by atoms with Crippen LogP contribution in [-0.4, -0.2) is 18.4 Å². The van der Waals surface area contributed by atoms with Crippen LogP contribution in [0.15, 0.2) is 30.3 Å². The van der Waals surface area contributed by atoms with E-state index in [-0.39, 0.29) is 29.2 Å². The zero-order chi connectivity index (χ0) is 19.3. The maximum atomic E-state index is 13.7. The van der Waals surface area contributed by atoms with E-state index < -0.39 is 30.6 Å². The number of carbonyl (C=O) groups excluding carboxylic acids is 1. The van der Waals surface area contributed by atoms with Gasteiger partial charge in [0, 0.05) is 11.6 Å². The van der Waals surface area contributed by atoms with E-state index in [0.717, 1.165) is 19.2 Å². The molecule has 26 heavy (non-hydrogen) atoms. The minimum absolute atomic E-state index is 0.0366. The number of benzene rings is 2. The largest absolute Gasteiger partial charge is 0.513 e. The van der Waals surface area contributed by atoms with Crippen LogP contribution in [0.5, 0.6) is 11.5 Å². The summed E-state index contributed by atoms with van der Waals surface area (Å²) in [6.45, 7) is 0.640.